The molecule has 3 heteroatoms. The lowest BCUT2D eigenvalue weighted by Gasteiger charge is -2.00. The summed E-state index contributed by atoms with van der Waals surface area (Å²) in [6.45, 7) is 2.83. The van der Waals surface area contributed by atoms with Gasteiger partial charge in [0.15, 0.2) is 0 Å². The summed E-state index contributed by atoms with van der Waals surface area (Å²) in [6.07, 6.45) is 10.1. The molecule has 0 atom stereocenters. The fraction of sp³-hybridized carbons (Fsp3) is 0.909. The van der Waals surface area contributed by atoms with Gasteiger partial charge >= 0.3 is 6.03 Å². The first-order chi connectivity index (χ1) is 6.77. The van der Waals surface area contributed by atoms with E-state index in [9.17, 15) is 4.79 Å². The van der Waals surface area contributed by atoms with Gasteiger partial charge in [0.25, 0.3) is 0 Å². The molecule has 1 radical (unpaired) electrons. The van der Waals surface area contributed by atoms with Crippen LogP contribution >= 0.6 is 0 Å². The van der Waals surface area contributed by atoms with E-state index in [4.69, 9.17) is 5.73 Å². The Morgan fingerprint density at radius 3 is 2.00 bits per heavy atom. The van der Waals surface area contributed by atoms with Gasteiger partial charge in [0.05, 0.1) is 0 Å². The van der Waals surface area contributed by atoms with Crippen molar-refractivity contribution in [3.63, 3.8) is 0 Å². The molecule has 3 nitrogen and oxygen atoms in total. The zero-order valence-corrected chi connectivity index (χ0v) is 9.30. The highest BCUT2D eigenvalue weighted by atomic mass is 16.2. The quantitative estimate of drug-likeness (QED) is 0.570. The molecule has 0 heterocycles. The minimum absolute atomic E-state index is 0.534. The molecule has 0 saturated heterocycles. The summed E-state index contributed by atoms with van der Waals surface area (Å²) >= 11 is 0. The van der Waals surface area contributed by atoms with Gasteiger partial charge in [-0.05, 0) is 6.42 Å². The van der Waals surface area contributed by atoms with Crippen LogP contribution in [0.25, 0.3) is 0 Å². The van der Waals surface area contributed by atoms with Crippen molar-refractivity contribution in [2.75, 3.05) is 6.54 Å². The number of hydrogen-bond donors (Lipinski definition) is 1. The van der Waals surface area contributed by atoms with Crippen LogP contribution in [0.3, 0.4) is 0 Å². The van der Waals surface area contributed by atoms with E-state index in [1.54, 1.807) is 0 Å². The lowest BCUT2D eigenvalue weighted by molar-refractivity contribution is 0.248. The van der Waals surface area contributed by atoms with Gasteiger partial charge in [-0.2, -0.15) is 0 Å². The van der Waals surface area contributed by atoms with Crippen LogP contribution in [-0.2, 0) is 0 Å². The average molecular weight is 199 g/mol. The van der Waals surface area contributed by atoms with Gasteiger partial charge in [0.2, 0.25) is 0 Å². The number of nitrogens with two attached hydrogens (primary N) is 1. The maximum Gasteiger partial charge on any atom is 0.333 e. The topological polar surface area (TPSA) is 57.2 Å². The molecule has 0 aliphatic carbocycles. The van der Waals surface area contributed by atoms with E-state index in [1.807, 2.05) is 0 Å². The molecule has 0 spiro atoms. The second-order valence-electron chi connectivity index (χ2n) is 3.69. The number of primary amides is 1. The molecule has 0 saturated carbocycles. The SMILES string of the molecule is CCCCCCCCCC[N]C(N)=O. The molecule has 0 aliphatic rings. The first kappa shape index (κ1) is 13.3. The van der Waals surface area contributed by atoms with Crippen LogP contribution in [0.1, 0.15) is 58.3 Å². The number of carbonyl (C=O) groups is 1. The summed E-state index contributed by atoms with van der Waals surface area (Å²) < 4.78 is 0. The predicted molar refractivity (Wildman–Crippen MR) is 59.2 cm³/mol. The predicted octanol–water partition coefficient (Wildman–Crippen LogP) is 2.81. The fourth-order valence-corrected chi connectivity index (χ4v) is 1.43. The van der Waals surface area contributed by atoms with E-state index < -0.39 is 6.03 Å². The van der Waals surface area contributed by atoms with Crippen LogP contribution in [-0.4, -0.2) is 12.6 Å². The van der Waals surface area contributed by atoms with Crippen molar-refractivity contribution in [3.05, 3.63) is 0 Å². The van der Waals surface area contributed by atoms with Gasteiger partial charge in [-0.3, -0.25) is 0 Å². The highest BCUT2D eigenvalue weighted by molar-refractivity contribution is 5.71. The number of amides is 2. The average Bonchev–Trinajstić information content (AvgIpc) is 2.15. The molecule has 0 bridgehead atoms. The summed E-state index contributed by atoms with van der Waals surface area (Å²) in [5.74, 6) is 0. The third-order valence-electron chi connectivity index (χ3n) is 2.28. The number of hydrogen-bond acceptors (Lipinski definition) is 1. The summed E-state index contributed by atoms with van der Waals surface area (Å²) in [4.78, 5) is 10.3. The van der Waals surface area contributed by atoms with E-state index in [0.717, 1.165) is 6.42 Å². The zero-order chi connectivity index (χ0) is 10.6. The Balaban J connectivity index is 2.88. The molecule has 0 aromatic heterocycles. The Kier molecular flexibility index (Phi) is 9.81. The summed E-state index contributed by atoms with van der Waals surface area (Å²) in [6, 6.07) is -0.534. The number of rotatable bonds is 9. The van der Waals surface area contributed by atoms with Gasteiger partial charge in [-0.1, -0.05) is 51.9 Å². The minimum atomic E-state index is -0.534. The Bertz CT molecular complexity index is 137. The Hall–Kier alpha value is -0.730. The van der Waals surface area contributed by atoms with Crippen molar-refractivity contribution in [2.24, 2.45) is 5.73 Å². The van der Waals surface area contributed by atoms with E-state index >= 15 is 0 Å². The van der Waals surface area contributed by atoms with Crippen LogP contribution in [0, 0.1) is 0 Å². The standard InChI is InChI=1S/C11H23N2O/c1-2-3-4-5-6-7-8-9-10-13-11(12)14/h2-10H2,1H3,(H2,12,14). The second kappa shape index (κ2) is 10.4. The van der Waals surface area contributed by atoms with Crippen molar-refractivity contribution in [1.82, 2.24) is 5.32 Å². The van der Waals surface area contributed by atoms with Gasteiger partial charge in [-0.15, -0.1) is 0 Å². The normalized spacial score (nSPS) is 10.1. The monoisotopic (exact) mass is 199 g/mol. The fourth-order valence-electron chi connectivity index (χ4n) is 1.43. The lowest BCUT2D eigenvalue weighted by atomic mass is 10.1. The largest absolute Gasteiger partial charge is 0.350 e. The van der Waals surface area contributed by atoms with Crippen molar-refractivity contribution in [3.8, 4) is 0 Å². The van der Waals surface area contributed by atoms with Gasteiger partial charge < -0.3 is 5.73 Å². The van der Waals surface area contributed by atoms with Gasteiger partial charge in [0.1, 0.15) is 0 Å². The highest BCUT2D eigenvalue weighted by Gasteiger charge is 1.94. The molecule has 2 amide bonds. The zero-order valence-electron chi connectivity index (χ0n) is 9.30. The molecular weight excluding hydrogens is 176 g/mol. The molecule has 2 N–H and O–H groups in total. The van der Waals surface area contributed by atoms with Crippen LogP contribution < -0.4 is 11.1 Å². The molecule has 0 rings (SSSR count). The van der Waals surface area contributed by atoms with Gasteiger partial charge in [0, 0.05) is 6.54 Å². The van der Waals surface area contributed by atoms with E-state index in [0.29, 0.717) is 6.54 Å². The first-order valence-corrected chi connectivity index (χ1v) is 5.74. The number of urea groups is 1. The smallest absolute Gasteiger partial charge is 0.333 e. The summed E-state index contributed by atoms with van der Waals surface area (Å²) in [5, 5.41) is 3.61. The highest BCUT2D eigenvalue weighted by Crippen LogP contribution is 2.07. The van der Waals surface area contributed by atoms with Gasteiger partial charge in [-0.25, -0.2) is 10.1 Å². The van der Waals surface area contributed by atoms with Crippen LogP contribution in [0.15, 0.2) is 0 Å². The van der Waals surface area contributed by atoms with Crippen molar-refractivity contribution >= 4 is 6.03 Å². The third-order valence-corrected chi connectivity index (χ3v) is 2.28. The van der Waals surface area contributed by atoms with Crippen LogP contribution in [0.2, 0.25) is 0 Å². The Labute approximate surface area is 87.4 Å². The molecule has 14 heavy (non-hydrogen) atoms. The first-order valence-electron chi connectivity index (χ1n) is 5.74. The molecule has 0 unspecified atom stereocenters. The molecule has 0 aliphatic heterocycles. The maximum atomic E-state index is 10.3. The number of nitrogens with zero attached hydrogens (tertiary/aromatic N) is 1. The lowest BCUT2D eigenvalue weighted by Crippen LogP contribution is -2.23. The minimum Gasteiger partial charge on any atom is -0.350 e. The Morgan fingerprint density at radius 2 is 1.50 bits per heavy atom. The summed E-state index contributed by atoms with van der Waals surface area (Å²) in [7, 11) is 0. The van der Waals surface area contributed by atoms with Crippen molar-refractivity contribution in [1.29, 1.82) is 0 Å². The molecular formula is C11H23N2O. The van der Waals surface area contributed by atoms with E-state index in [1.165, 1.54) is 44.9 Å². The van der Waals surface area contributed by atoms with E-state index in [-0.39, 0.29) is 0 Å². The van der Waals surface area contributed by atoms with E-state index in [2.05, 4.69) is 12.2 Å². The second-order valence-corrected chi connectivity index (χ2v) is 3.69. The third kappa shape index (κ3) is 11.3. The number of unbranched alkanes of at least 4 members (excludes halogenated alkanes) is 7. The van der Waals surface area contributed by atoms with Crippen molar-refractivity contribution in [2.45, 2.75) is 58.3 Å². The molecule has 0 aromatic rings. The maximum absolute atomic E-state index is 10.3. The van der Waals surface area contributed by atoms with Crippen molar-refractivity contribution < 1.29 is 4.79 Å². The van der Waals surface area contributed by atoms with Crippen LogP contribution in [0.4, 0.5) is 4.79 Å². The number of carbonyl (C=O) groups excluding carboxylic acids is 1. The molecule has 0 fully saturated rings. The molecule has 83 valence electrons. The Morgan fingerprint density at radius 1 is 1.00 bits per heavy atom. The van der Waals surface area contributed by atoms with Crippen LogP contribution in [0.5, 0.6) is 0 Å². The molecule has 0 aromatic carbocycles. The summed E-state index contributed by atoms with van der Waals surface area (Å²) in [5.41, 5.74) is 4.88.